The van der Waals surface area contributed by atoms with Gasteiger partial charge in [0.2, 0.25) is 0 Å². The van der Waals surface area contributed by atoms with Crippen LogP contribution < -0.4 is 0 Å². The van der Waals surface area contributed by atoms with Crippen LogP contribution in [0.5, 0.6) is 0 Å². The first-order chi connectivity index (χ1) is 7.76. The van der Waals surface area contributed by atoms with Gasteiger partial charge >= 0.3 is 5.97 Å². The van der Waals surface area contributed by atoms with E-state index in [1.807, 2.05) is 0 Å². The lowest BCUT2D eigenvalue weighted by Gasteiger charge is -2.07. The summed E-state index contributed by atoms with van der Waals surface area (Å²) in [5.74, 6) is -1.63. The lowest BCUT2D eigenvalue weighted by atomic mass is 10.1. The van der Waals surface area contributed by atoms with Crippen molar-refractivity contribution < 1.29 is 23.1 Å². The van der Waals surface area contributed by atoms with Crippen molar-refractivity contribution in [2.75, 3.05) is 6.26 Å². The van der Waals surface area contributed by atoms with Crippen LogP contribution in [-0.4, -0.2) is 32.0 Å². The number of aldehydes is 1. The summed E-state index contributed by atoms with van der Waals surface area (Å²) in [5.41, 5.74) is -0.138. The van der Waals surface area contributed by atoms with Gasteiger partial charge in [-0.05, 0) is 11.6 Å². The van der Waals surface area contributed by atoms with Crippen LogP contribution in [0.1, 0.15) is 26.3 Å². The summed E-state index contributed by atoms with van der Waals surface area (Å²) in [6.45, 7) is 0. The van der Waals surface area contributed by atoms with Gasteiger partial charge in [-0.15, -0.1) is 0 Å². The van der Waals surface area contributed by atoms with Crippen molar-refractivity contribution in [1.29, 1.82) is 0 Å². The quantitative estimate of drug-likeness (QED) is 0.840. The van der Waals surface area contributed by atoms with Crippen LogP contribution in [0.2, 0.25) is 5.02 Å². The SMILES string of the molecule is CS(=O)(=O)Cc1ccc(C(=O)O)c(Cl)c1C=O. The van der Waals surface area contributed by atoms with Gasteiger partial charge in [0.1, 0.15) is 0 Å². The molecule has 0 aromatic heterocycles. The summed E-state index contributed by atoms with van der Waals surface area (Å²) in [7, 11) is -3.32. The number of carboxylic acid groups (broad SMARTS) is 1. The van der Waals surface area contributed by atoms with Crippen molar-refractivity contribution in [2.24, 2.45) is 0 Å². The fraction of sp³-hybridized carbons (Fsp3) is 0.200. The van der Waals surface area contributed by atoms with Crippen molar-refractivity contribution >= 4 is 33.7 Å². The van der Waals surface area contributed by atoms with Gasteiger partial charge in [-0.2, -0.15) is 0 Å². The van der Waals surface area contributed by atoms with Crippen LogP contribution in [0, 0.1) is 0 Å². The summed E-state index contributed by atoms with van der Waals surface area (Å²) < 4.78 is 22.2. The molecular weight excluding hydrogens is 268 g/mol. The summed E-state index contributed by atoms with van der Waals surface area (Å²) in [5, 5.41) is 8.55. The van der Waals surface area contributed by atoms with Crippen LogP contribution in [-0.2, 0) is 15.6 Å². The predicted molar refractivity (Wildman–Crippen MR) is 62.3 cm³/mol. The molecule has 1 aromatic rings. The van der Waals surface area contributed by atoms with E-state index in [0.717, 1.165) is 6.26 Å². The van der Waals surface area contributed by atoms with E-state index in [-0.39, 0.29) is 27.5 Å². The number of carboxylic acids is 1. The van der Waals surface area contributed by atoms with E-state index in [9.17, 15) is 18.0 Å². The molecule has 0 atom stereocenters. The van der Waals surface area contributed by atoms with Crippen LogP contribution in [0.15, 0.2) is 12.1 Å². The highest BCUT2D eigenvalue weighted by molar-refractivity contribution is 7.89. The molecule has 92 valence electrons. The number of carbonyl (C=O) groups is 2. The Balaban J connectivity index is 3.41. The Morgan fingerprint density at radius 3 is 2.47 bits per heavy atom. The summed E-state index contributed by atoms with van der Waals surface area (Å²) in [4.78, 5) is 21.6. The second-order valence-electron chi connectivity index (χ2n) is 3.49. The van der Waals surface area contributed by atoms with Gasteiger partial charge in [-0.1, -0.05) is 17.7 Å². The minimum atomic E-state index is -3.32. The topological polar surface area (TPSA) is 88.5 Å². The van der Waals surface area contributed by atoms with Gasteiger partial charge in [-0.25, -0.2) is 13.2 Å². The standard InChI is InChI=1S/C10H9ClO5S/c1-17(15,16)5-6-2-3-7(10(13)14)9(11)8(6)4-12/h2-4H,5H2,1H3,(H,13,14). The maximum Gasteiger partial charge on any atom is 0.337 e. The van der Waals surface area contributed by atoms with E-state index >= 15 is 0 Å². The Morgan fingerprint density at radius 1 is 1.47 bits per heavy atom. The van der Waals surface area contributed by atoms with Gasteiger partial charge in [0, 0.05) is 11.8 Å². The van der Waals surface area contributed by atoms with Crippen LogP contribution in [0.3, 0.4) is 0 Å². The number of rotatable bonds is 4. The zero-order valence-corrected chi connectivity index (χ0v) is 10.4. The zero-order chi connectivity index (χ0) is 13.2. The molecule has 0 aliphatic heterocycles. The number of carbonyl (C=O) groups excluding carboxylic acids is 1. The summed E-state index contributed by atoms with van der Waals surface area (Å²) in [6, 6.07) is 2.46. The maximum absolute atomic E-state index is 11.1. The monoisotopic (exact) mass is 276 g/mol. The second kappa shape index (κ2) is 4.85. The van der Waals surface area contributed by atoms with Gasteiger partial charge < -0.3 is 5.11 Å². The molecule has 0 saturated carbocycles. The van der Waals surface area contributed by atoms with Crippen molar-refractivity contribution in [1.82, 2.24) is 0 Å². The van der Waals surface area contributed by atoms with Crippen LogP contribution in [0.25, 0.3) is 0 Å². The third kappa shape index (κ3) is 3.28. The van der Waals surface area contributed by atoms with Gasteiger partial charge in [0.25, 0.3) is 0 Å². The molecule has 7 heteroatoms. The van der Waals surface area contributed by atoms with E-state index in [1.165, 1.54) is 12.1 Å². The average Bonchev–Trinajstić information content (AvgIpc) is 2.15. The molecule has 0 unspecified atom stereocenters. The molecule has 5 nitrogen and oxygen atoms in total. The molecule has 1 aromatic carbocycles. The molecule has 0 fully saturated rings. The third-order valence-corrected chi connectivity index (χ3v) is 3.28. The highest BCUT2D eigenvalue weighted by Crippen LogP contribution is 2.24. The first-order valence-corrected chi connectivity index (χ1v) is 6.87. The minimum Gasteiger partial charge on any atom is -0.478 e. The smallest absolute Gasteiger partial charge is 0.337 e. The second-order valence-corrected chi connectivity index (χ2v) is 6.01. The normalized spacial score (nSPS) is 11.2. The molecule has 17 heavy (non-hydrogen) atoms. The average molecular weight is 277 g/mol. The van der Waals surface area contributed by atoms with Gasteiger partial charge in [0.05, 0.1) is 16.3 Å². The van der Waals surface area contributed by atoms with Gasteiger partial charge in [-0.3, -0.25) is 4.79 Å². The molecule has 0 radical (unpaired) electrons. The summed E-state index contributed by atoms with van der Waals surface area (Å²) in [6.07, 6.45) is 1.37. The Hall–Kier alpha value is -1.40. The minimum absolute atomic E-state index is 0.100. The highest BCUT2D eigenvalue weighted by atomic mass is 35.5. The Bertz CT molecular complexity index is 577. The number of halogens is 1. The summed E-state index contributed by atoms with van der Waals surface area (Å²) >= 11 is 5.73. The lowest BCUT2D eigenvalue weighted by molar-refractivity contribution is 0.0697. The number of hydrogen-bond donors (Lipinski definition) is 1. The molecule has 0 spiro atoms. The van der Waals surface area contributed by atoms with E-state index in [1.54, 1.807) is 0 Å². The third-order valence-electron chi connectivity index (χ3n) is 2.04. The fourth-order valence-electron chi connectivity index (χ4n) is 1.33. The fourth-order valence-corrected chi connectivity index (χ4v) is 2.46. The predicted octanol–water partition coefficient (Wildman–Crippen LogP) is 1.40. The number of sulfone groups is 1. The van der Waals surface area contributed by atoms with E-state index < -0.39 is 15.8 Å². The van der Waals surface area contributed by atoms with E-state index in [4.69, 9.17) is 16.7 Å². The molecule has 0 saturated heterocycles. The number of aromatic carboxylic acids is 1. The Morgan fingerprint density at radius 2 is 2.06 bits per heavy atom. The number of benzene rings is 1. The molecule has 0 bridgehead atoms. The van der Waals surface area contributed by atoms with Crippen LogP contribution in [0.4, 0.5) is 0 Å². The molecule has 1 rings (SSSR count). The van der Waals surface area contributed by atoms with E-state index in [2.05, 4.69) is 0 Å². The first-order valence-electron chi connectivity index (χ1n) is 4.44. The van der Waals surface area contributed by atoms with Gasteiger partial charge in [0.15, 0.2) is 16.1 Å². The number of hydrogen-bond acceptors (Lipinski definition) is 4. The molecule has 1 N–H and O–H groups in total. The molecule has 0 aliphatic rings. The van der Waals surface area contributed by atoms with Crippen LogP contribution >= 0.6 is 11.6 Å². The largest absolute Gasteiger partial charge is 0.478 e. The lowest BCUT2D eigenvalue weighted by Crippen LogP contribution is -2.07. The van der Waals surface area contributed by atoms with E-state index in [0.29, 0.717) is 6.29 Å². The van der Waals surface area contributed by atoms with Crippen molar-refractivity contribution in [3.8, 4) is 0 Å². The molecule has 0 aliphatic carbocycles. The first kappa shape index (κ1) is 13.7. The molecule has 0 heterocycles. The van der Waals surface area contributed by atoms with Crippen molar-refractivity contribution in [3.05, 3.63) is 33.8 Å². The zero-order valence-electron chi connectivity index (χ0n) is 8.81. The highest BCUT2D eigenvalue weighted by Gasteiger charge is 2.17. The maximum atomic E-state index is 11.1. The Kier molecular flexibility index (Phi) is 3.90. The van der Waals surface area contributed by atoms with Crippen molar-refractivity contribution in [2.45, 2.75) is 5.75 Å². The Labute approximate surface area is 103 Å². The molecule has 0 amide bonds. The van der Waals surface area contributed by atoms with Crippen molar-refractivity contribution in [3.63, 3.8) is 0 Å². The molecular formula is C10H9ClO5S.